The molecule has 2 aromatic heterocycles. The summed E-state index contributed by atoms with van der Waals surface area (Å²) in [5, 5.41) is 4.24. The maximum absolute atomic E-state index is 12.7. The first kappa shape index (κ1) is 16.3. The highest BCUT2D eigenvalue weighted by Crippen LogP contribution is 2.23. The van der Waals surface area contributed by atoms with E-state index in [4.69, 9.17) is 10.2 Å². The molecule has 3 rings (SSSR count). The Morgan fingerprint density at radius 1 is 1.38 bits per heavy atom. The predicted molar refractivity (Wildman–Crippen MR) is 90.2 cm³/mol. The van der Waals surface area contributed by atoms with Gasteiger partial charge >= 0.3 is 0 Å². The molecule has 3 heterocycles. The lowest BCUT2D eigenvalue weighted by Gasteiger charge is -2.39. The fourth-order valence-corrected chi connectivity index (χ4v) is 3.34. The number of amides is 1. The largest absolute Gasteiger partial charge is 0.463 e. The third-order valence-corrected chi connectivity index (χ3v) is 4.54. The number of nitrogens with two attached hydrogens (primary N) is 1. The van der Waals surface area contributed by atoms with Gasteiger partial charge in [-0.3, -0.25) is 9.59 Å². The van der Waals surface area contributed by atoms with E-state index in [1.807, 2.05) is 18.7 Å². The zero-order valence-corrected chi connectivity index (χ0v) is 13.9. The number of carbonyl (C=O) groups is 1. The summed E-state index contributed by atoms with van der Waals surface area (Å²) in [5.74, 6) is 0.392. The highest BCUT2D eigenvalue weighted by molar-refractivity contribution is 5.77. The number of likely N-dealkylation sites (tertiary alicyclic amines) is 1. The van der Waals surface area contributed by atoms with Crippen LogP contribution >= 0.6 is 0 Å². The van der Waals surface area contributed by atoms with E-state index in [1.54, 1.807) is 12.1 Å². The van der Waals surface area contributed by atoms with Crippen molar-refractivity contribution in [2.75, 3.05) is 5.73 Å². The Kier molecular flexibility index (Phi) is 4.42. The Labute approximate surface area is 140 Å². The summed E-state index contributed by atoms with van der Waals surface area (Å²) in [4.78, 5) is 26.8. The first-order valence-electron chi connectivity index (χ1n) is 8.20. The van der Waals surface area contributed by atoms with E-state index < -0.39 is 5.56 Å². The molecule has 1 amide bonds. The molecule has 2 N–H and O–H groups in total. The molecule has 2 atom stereocenters. The molecule has 0 saturated carbocycles. The number of anilines is 1. The molecule has 0 spiro atoms. The summed E-state index contributed by atoms with van der Waals surface area (Å²) in [6.07, 6.45) is 4.59. The molecule has 7 heteroatoms. The molecule has 0 aromatic carbocycles. The SMILES string of the molecule is C[C@@H]1CCC[C@H](C)N1C(=O)Cn1nc(-c2ccco2)cc(N)c1=O. The normalized spacial score (nSPS) is 21.0. The summed E-state index contributed by atoms with van der Waals surface area (Å²) in [7, 11) is 0. The van der Waals surface area contributed by atoms with Crippen LogP contribution in [0.15, 0.2) is 33.7 Å². The van der Waals surface area contributed by atoms with Crippen LogP contribution in [0, 0.1) is 0 Å². The lowest BCUT2D eigenvalue weighted by molar-refractivity contribution is -0.138. The van der Waals surface area contributed by atoms with Crippen molar-refractivity contribution in [2.45, 2.75) is 51.7 Å². The zero-order chi connectivity index (χ0) is 17.3. The third kappa shape index (κ3) is 3.06. The molecule has 0 bridgehead atoms. The van der Waals surface area contributed by atoms with Gasteiger partial charge in [-0.2, -0.15) is 5.10 Å². The van der Waals surface area contributed by atoms with Crippen molar-refractivity contribution in [3.05, 3.63) is 34.8 Å². The quantitative estimate of drug-likeness (QED) is 0.927. The maximum atomic E-state index is 12.7. The number of hydrogen-bond acceptors (Lipinski definition) is 5. The second kappa shape index (κ2) is 6.51. The lowest BCUT2D eigenvalue weighted by atomic mass is 9.97. The molecule has 7 nitrogen and oxygen atoms in total. The fourth-order valence-electron chi connectivity index (χ4n) is 3.34. The minimum Gasteiger partial charge on any atom is -0.463 e. The van der Waals surface area contributed by atoms with Crippen molar-refractivity contribution in [1.82, 2.24) is 14.7 Å². The van der Waals surface area contributed by atoms with E-state index in [0.29, 0.717) is 11.5 Å². The first-order chi connectivity index (χ1) is 11.5. The predicted octanol–water partition coefficient (Wildman–Crippen LogP) is 1.88. The van der Waals surface area contributed by atoms with Gasteiger partial charge in [0.25, 0.3) is 5.56 Å². The van der Waals surface area contributed by atoms with Crippen LogP contribution in [0.4, 0.5) is 5.69 Å². The van der Waals surface area contributed by atoms with Crippen molar-refractivity contribution in [3.63, 3.8) is 0 Å². The van der Waals surface area contributed by atoms with E-state index in [-0.39, 0.29) is 30.2 Å². The first-order valence-corrected chi connectivity index (χ1v) is 8.20. The summed E-state index contributed by atoms with van der Waals surface area (Å²) in [6, 6.07) is 5.26. The van der Waals surface area contributed by atoms with E-state index >= 15 is 0 Å². The zero-order valence-electron chi connectivity index (χ0n) is 13.9. The summed E-state index contributed by atoms with van der Waals surface area (Å²) >= 11 is 0. The molecular formula is C17H22N4O3. The Morgan fingerprint density at radius 2 is 2.08 bits per heavy atom. The summed E-state index contributed by atoms with van der Waals surface area (Å²) in [5.41, 5.74) is 5.81. The van der Waals surface area contributed by atoms with Crippen LogP contribution in [-0.4, -0.2) is 32.7 Å². The van der Waals surface area contributed by atoms with Gasteiger partial charge in [0.1, 0.15) is 17.9 Å². The van der Waals surface area contributed by atoms with Gasteiger partial charge in [-0.15, -0.1) is 0 Å². The number of hydrogen-bond donors (Lipinski definition) is 1. The van der Waals surface area contributed by atoms with E-state index in [1.165, 1.54) is 12.3 Å². The molecule has 1 fully saturated rings. The standard InChI is InChI=1S/C17H22N4O3/c1-11-5-3-6-12(2)21(11)16(22)10-20-17(23)13(18)9-14(19-20)15-7-4-8-24-15/h4,7-9,11-12H,3,5-6,10,18H2,1-2H3/t11-,12+. The van der Waals surface area contributed by atoms with Crippen LogP contribution in [0.3, 0.4) is 0 Å². The highest BCUT2D eigenvalue weighted by Gasteiger charge is 2.29. The molecule has 24 heavy (non-hydrogen) atoms. The smallest absolute Gasteiger partial charge is 0.290 e. The molecule has 1 aliphatic heterocycles. The highest BCUT2D eigenvalue weighted by atomic mass is 16.3. The van der Waals surface area contributed by atoms with Gasteiger partial charge in [0.2, 0.25) is 5.91 Å². The van der Waals surface area contributed by atoms with Gasteiger partial charge in [0, 0.05) is 12.1 Å². The van der Waals surface area contributed by atoms with Crippen molar-refractivity contribution in [3.8, 4) is 11.5 Å². The molecular weight excluding hydrogens is 308 g/mol. The average Bonchev–Trinajstić information content (AvgIpc) is 3.06. The van der Waals surface area contributed by atoms with Gasteiger partial charge in [-0.1, -0.05) is 0 Å². The molecule has 0 aliphatic carbocycles. The van der Waals surface area contributed by atoms with Crippen LogP contribution in [0.5, 0.6) is 0 Å². The van der Waals surface area contributed by atoms with Crippen LogP contribution in [0.25, 0.3) is 11.5 Å². The monoisotopic (exact) mass is 330 g/mol. The van der Waals surface area contributed by atoms with Crippen LogP contribution in [0.2, 0.25) is 0 Å². The van der Waals surface area contributed by atoms with Crippen LogP contribution in [0.1, 0.15) is 33.1 Å². The third-order valence-electron chi connectivity index (χ3n) is 4.54. The van der Waals surface area contributed by atoms with Crippen molar-refractivity contribution >= 4 is 11.6 Å². The van der Waals surface area contributed by atoms with Crippen molar-refractivity contribution in [1.29, 1.82) is 0 Å². The Balaban J connectivity index is 1.89. The minimum atomic E-state index is -0.462. The number of carbonyl (C=O) groups excluding carboxylic acids is 1. The average molecular weight is 330 g/mol. The number of rotatable bonds is 3. The molecule has 0 unspecified atom stereocenters. The number of nitrogens with zero attached hydrogens (tertiary/aromatic N) is 3. The molecule has 1 saturated heterocycles. The maximum Gasteiger partial charge on any atom is 0.290 e. The van der Waals surface area contributed by atoms with Gasteiger partial charge in [-0.25, -0.2) is 4.68 Å². The van der Waals surface area contributed by atoms with E-state index in [2.05, 4.69) is 5.10 Å². The number of piperidine rings is 1. The second-order valence-electron chi connectivity index (χ2n) is 6.35. The molecule has 0 radical (unpaired) electrons. The number of nitrogen functional groups attached to an aromatic ring is 1. The summed E-state index contributed by atoms with van der Waals surface area (Å²) < 4.78 is 6.42. The molecule has 128 valence electrons. The molecule has 2 aromatic rings. The van der Waals surface area contributed by atoms with Gasteiger partial charge in [0.05, 0.1) is 6.26 Å². The number of furan rings is 1. The Bertz CT molecular complexity index is 772. The Hall–Kier alpha value is -2.57. The summed E-state index contributed by atoms with van der Waals surface area (Å²) in [6.45, 7) is 3.96. The molecule has 1 aliphatic rings. The van der Waals surface area contributed by atoms with Crippen LogP contribution < -0.4 is 11.3 Å². The number of aromatic nitrogens is 2. The lowest BCUT2D eigenvalue weighted by Crippen LogP contribution is -2.49. The van der Waals surface area contributed by atoms with Crippen LogP contribution in [-0.2, 0) is 11.3 Å². The van der Waals surface area contributed by atoms with Gasteiger partial charge in [-0.05, 0) is 51.3 Å². The fraction of sp³-hybridized carbons (Fsp3) is 0.471. The van der Waals surface area contributed by atoms with Gasteiger partial charge in [0.15, 0.2) is 5.76 Å². The topological polar surface area (TPSA) is 94.4 Å². The van der Waals surface area contributed by atoms with E-state index in [0.717, 1.165) is 23.9 Å². The van der Waals surface area contributed by atoms with Gasteiger partial charge < -0.3 is 15.1 Å². The van der Waals surface area contributed by atoms with Crippen molar-refractivity contribution in [2.24, 2.45) is 0 Å². The van der Waals surface area contributed by atoms with Crippen molar-refractivity contribution < 1.29 is 9.21 Å². The van der Waals surface area contributed by atoms with E-state index in [9.17, 15) is 9.59 Å². The minimum absolute atomic E-state index is 0.0453. The second-order valence-corrected chi connectivity index (χ2v) is 6.35. The Morgan fingerprint density at radius 3 is 2.71 bits per heavy atom.